The van der Waals surface area contributed by atoms with Crippen molar-refractivity contribution in [2.45, 2.75) is 43.5 Å². The van der Waals surface area contributed by atoms with Gasteiger partial charge in [-0.1, -0.05) is 25.0 Å². The molecule has 1 aliphatic carbocycles. The molecule has 1 aliphatic rings. The summed E-state index contributed by atoms with van der Waals surface area (Å²) in [7, 11) is -0.691. The smallest absolute Gasteiger partial charge is 0.258 e. The van der Waals surface area contributed by atoms with Gasteiger partial charge in [0.15, 0.2) is 0 Å². The van der Waals surface area contributed by atoms with Crippen LogP contribution < -0.4 is 14.4 Å². The molecule has 0 unspecified atom stereocenters. The van der Waals surface area contributed by atoms with E-state index in [-0.39, 0.29) is 28.2 Å². The molecular formula is C21H26N2O4S. The van der Waals surface area contributed by atoms with Crippen molar-refractivity contribution in [3.05, 3.63) is 53.6 Å². The van der Waals surface area contributed by atoms with Crippen molar-refractivity contribution in [1.29, 1.82) is 0 Å². The Bertz CT molecular complexity index is 966. The van der Waals surface area contributed by atoms with Gasteiger partial charge in [-0.25, -0.2) is 13.1 Å². The van der Waals surface area contributed by atoms with Crippen LogP contribution in [0.15, 0.2) is 47.4 Å². The van der Waals surface area contributed by atoms with Crippen LogP contribution in [0.3, 0.4) is 0 Å². The molecule has 0 aliphatic heterocycles. The van der Waals surface area contributed by atoms with Crippen LogP contribution in [0.1, 0.15) is 41.6 Å². The number of hydrogen-bond donors (Lipinski definition) is 1. The van der Waals surface area contributed by atoms with Crippen LogP contribution in [-0.4, -0.2) is 34.5 Å². The van der Waals surface area contributed by atoms with Gasteiger partial charge >= 0.3 is 0 Å². The van der Waals surface area contributed by atoms with Crippen molar-refractivity contribution >= 4 is 21.6 Å². The van der Waals surface area contributed by atoms with E-state index in [1.54, 1.807) is 13.1 Å². The quantitative estimate of drug-likeness (QED) is 0.802. The second-order valence-corrected chi connectivity index (χ2v) is 8.85. The zero-order valence-electron chi connectivity index (χ0n) is 16.4. The highest BCUT2D eigenvalue weighted by molar-refractivity contribution is 7.89. The van der Waals surface area contributed by atoms with E-state index in [1.165, 1.54) is 24.1 Å². The zero-order chi connectivity index (χ0) is 20.3. The van der Waals surface area contributed by atoms with E-state index >= 15 is 0 Å². The first-order chi connectivity index (χ1) is 13.3. The minimum Gasteiger partial charge on any atom is -0.495 e. The summed E-state index contributed by atoms with van der Waals surface area (Å²) in [6.45, 7) is 1.95. The summed E-state index contributed by atoms with van der Waals surface area (Å²) in [5.41, 5.74) is 2.07. The summed E-state index contributed by atoms with van der Waals surface area (Å²) in [4.78, 5) is 14.5. The molecule has 0 radical (unpaired) electrons. The van der Waals surface area contributed by atoms with E-state index in [2.05, 4.69) is 4.72 Å². The summed E-state index contributed by atoms with van der Waals surface area (Å²) in [5.74, 6) is -0.0641. The molecule has 28 heavy (non-hydrogen) atoms. The first-order valence-electron chi connectivity index (χ1n) is 9.37. The van der Waals surface area contributed by atoms with Gasteiger partial charge in [-0.05, 0) is 55.7 Å². The Morgan fingerprint density at radius 1 is 1.14 bits per heavy atom. The molecule has 0 saturated heterocycles. The van der Waals surface area contributed by atoms with Gasteiger partial charge < -0.3 is 9.64 Å². The fourth-order valence-electron chi connectivity index (χ4n) is 3.49. The highest BCUT2D eigenvalue weighted by Gasteiger charge is 2.27. The Kier molecular flexibility index (Phi) is 6.05. The Hall–Kier alpha value is -2.38. The second-order valence-electron chi connectivity index (χ2n) is 7.17. The Morgan fingerprint density at radius 2 is 1.86 bits per heavy atom. The maximum atomic E-state index is 12.9. The first kappa shape index (κ1) is 20.4. The number of sulfonamides is 1. The molecule has 1 fully saturated rings. The highest BCUT2D eigenvalue weighted by atomic mass is 32.2. The fourth-order valence-corrected chi connectivity index (χ4v) is 4.99. The molecule has 0 spiro atoms. The Labute approximate surface area is 166 Å². The molecule has 1 N–H and O–H groups in total. The summed E-state index contributed by atoms with van der Waals surface area (Å²) < 4.78 is 33.8. The molecule has 150 valence electrons. The number of ether oxygens (including phenoxy) is 1. The van der Waals surface area contributed by atoms with Gasteiger partial charge in [0, 0.05) is 24.3 Å². The van der Waals surface area contributed by atoms with Gasteiger partial charge in [-0.2, -0.15) is 0 Å². The second kappa shape index (κ2) is 8.32. The molecule has 7 heteroatoms. The summed E-state index contributed by atoms with van der Waals surface area (Å²) in [6, 6.07) is 12.0. The number of methoxy groups -OCH3 is 1. The summed E-state index contributed by atoms with van der Waals surface area (Å²) in [5, 5.41) is 0. The number of benzene rings is 2. The number of amides is 1. The van der Waals surface area contributed by atoms with Crippen molar-refractivity contribution in [3.63, 3.8) is 0 Å². The lowest BCUT2D eigenvalue weighted by Crippen LogP contribution is -2.33. The third-order valence-electron chi connectivity index (χ3n) is 5.07. The number of anilines is 1. The van der Waals surface area contributed by atoms with Gasteiger partial charge in [-0.15, -0.1) is 0 Å². The minimum absolute atomic E-state index is 0.00890. The van der Waals surface area contributed by atoms with E-state index in [1.807, 2.05) is 31.2 Å². The lowest BCUT2D eigenvalue weighted by Gasteiger charge is -2.19. The number of carbonyl (C=O) groups is 1. The molecule has 2 aromatic carbocycles. The molecule has 0 atom stereocenters. The molecule has 0 heterocycles. The third kappa shape index (κ3) is 4.36. The van der Waals surface area contributed by atoms with Gasteiger partial charge in [0.25, 0.3) is 5.91 Å². The number of rotatable bonds is 6. The molecule has 3 rings (SSSR count). The van der Waals surface area contributed by atoms with Gasteiger partial charge in [0.1, 0.15) is 10.6 Å². The number of hydrogen-bond acceptors (Lipinski definition) is 4. The van der Waals surface area contributed by atoms with Crippen molar-refractivity contribution in [1.82, 2.24) is 4.72 Å². The molecule has 0 bridgehead atoms. The predicted octanol–water partition coefficient (Wildman–Crippen LogP) is 3.50. The van der Waals surface area contributed by atoms with Crippen molar-refractivity contribution < 1.29 is 17.9 Å². The first-order valence-corrected chi connectivity index (χ1v) is 10.9. The zero-order valence-corrected chi connectivity index (χ0v) is 17.3. The molecule has 6 nitrogen and oxygen atoms in total. The topological polar surface area (TPSA) is 75.7 Å². The maximum absolute atomic E-state index is 12.9. The molecule has 2 aromatic rings. The van der Waals surface area contributed by atoms with Crippen molar-refractivity contribution in [2.75, 3.05) is 19.1 Å². The van der Waals surface area contributed by atoms with Gasteiger partial charge in [0.05, 0.1) is 7.11 Å². The van der Waals surface area contributed by atoms with Crippen LogP contribution in [-0.2, 0) is 10.0 Å². The van der Waals surface area contributed by atoms with E-state index in [9.17, 15) is 13.2 Å². The highest BCUT2D eigenvalue weighted by Crippen LogP contribution is 2.28. The molecular weight excluding hydrogens is 376 g/mol. The van der Waals surface area contributed by atoms with E-state index in [4.69, 9.17) is 4.74 Å². The average Bonchev–Trinajstić information content (AvgIpc) is 3.18. The lowest BCUT2D eigenvalue weighted by atomic mass is 10.1. The molecule has 1 saturated carbocycles. The van der Waals surface area contributed by atoms with E-state index in [0.717, 1.165) is 36.9 Å². The lowest BCUT2D eigenvalue weighted by molar-refractivity contribution is 0.0992. The van der Waals surface area contributed by atoms with Crippen LogP contribution in [0.4, 0.5) is 5.69 Å². The number of nitrogens with one attached hydrogen (secondary N) is 1. The standard InChI is InChI=1S/C21H26N2O4S/c1-15-7-6-10-18(13-15)23(2)21(24)16-11-12-19(27-3)20(14-16)28(25,26)22-17-8-4-5-9-17/h6-7,10-14,17,22H,4-5,8-9H2,1-3H3. The van der Waals surface area contributed by atoms with Crippen molar-refractivity contribution in [3.8, 4) is 5.75 Å². The van der Waals surface area contributed by atoms with E-state index in [0.29, 0.717) is 0 Å². The Balaban J connectivity index is 1.92. The van der Waals surface area contributed by atoms with Crippen LogP contribution in [0.25, 0.3) is 0 Å². The van der Waals surface area contributed by atoms with Crippen LogP contribution in [0.2, 0.25) is 0 Å². The monoisotopic (exact) mass is 402 g/mol. The van der Waals surface area contributed by atoms with Gasteiger partial charge in [-0.3, -0.25) is 4.79 Å². The SMILES string of the molecule is COc1ccc(C(=O)N(C)c2cccc(C)c2)cc1S(=O)(=O)NC1CCCC1. The maximum Gasteiger partial charge on any atom is 0.258 e. The fraction of sp³-hybridized carbons (Fsp3) is 0.381. The minimum atomic E-state index is -3.79. The number of nitrogens with zero attached hydrogens (tertiary/aromatic N) is 1. The number of carbonyl (C=O) groups excluding carboxylic acids is 1. The van der Waals surface area contributed by atoms with Crippen molar-refractivity contribution in [2.24, 2.45) is 0 Å². The largest absolute Gasteiger partial charge is 0.495 e. The van der Waals surface area contributed by atoms with Crippen LogP contribution in [0, 0.1) is 6.92 Å². The number of aryl methyl sites for hydroxylation is 1. The third-order valence-corrected chi connectivity index (χ3v) is 6.61. The normalized spacial score (nSPS) is 14.8. The summed E-state index contributed by atoms with van der Waals surface area (Å²) >= 11 is 0. The molecule has 0 aromatic heterocycles. The Morgan fingerprint density at radius 3 is 2.50 bits per heavy atom. The van der Waals surface area contributed by atoms with E-state index < -0.39 is 10.0 Å². The van der Waals surface area contributed by atoms with Crippen LogP contribution in [0.5, 0.6) is 5.75 Å². The predicted molar refractivity (Wildman–Crippen MR) is 109 cm³/mol. The summed E-state index contributed by atoms with van der Waals surface area (Å²) in [6.07, 6.45) is 3.70. The molecule has 1 amide bonds. The van der Waals surface area contributed by atoms with Crippen LogP contribution >= 0.6 is 0 Å². The van der Waals surface area contributed by atoms with Gasteiger partial charge in [0.2, 0.25) is 10.0 Å². The average molecular weight is 403 g/mol.